The van der Waals surface area contributed by atoms with Crippen LogP contribution >= 0.6 is 11.3 Å². The van der Waals surface area contributed by atoms with Gasteiger partial charge in [-0.2, -0.15) is 0 Å². The molecule has 0 spiro atoms. The molecule has 0 aliphatic carbocycles. The Morgan fingerprint density at radius 3 is 2.68 bits per heavy atom. The Kier molecular flexibility index (Phi) is 4.18. The summed E-state index contributed by atoms with van der Waals surface area (Å²) in [4.78, 5) is 19.7. The van der Waals surface area contributed by atoms with Gasteiger partial charge >= 0.3 is 5.63 Å². The molecule has 2 aromatic heterocycles. The fraction of sp³-hybridized carbons (Fsp3) is 0.273. The highest BCUT2D eigenvalue weighted by Crippen LogP contribution is 2.31. The molecule has 0 saturated carbocycles. The average Bonchev–Trinajstić information content (AvgIpc) is 3.11. The Labute approximate surface area is 166 Å². The minimum Gasteiger partial charge on any atom is -0.420 e. The molecule has 3 heterocycles. The molecule has 0 unspecified atom stereocenters. The van der Waals surface area contributed by atoms with E-state index in [9.17, 15) is 4.79 Å². The topological polar surface area (TPSA) is 58.4 Å². The largest absolute Gasteiger partial charge is 0.420 e. The van der Waals surface area contributed by atoms with Gasteiger partial charge in [-0.3, -0.25) is 0 Å². The fourth-order valence-electron chi connectivity index (χ4n) is 3.99. The van der Waals surface area contributed by atoms with Crippen LogP contribution < -0.4 is 15.8 Å². The van der Waals surface area contributed by atoms with Crippen LogP contribution in [0.25, 0.3) is 31.8 Å². The summed E-state index contributed by atoms with van der Waals surface area (Å²) < 4.78 is 6.73. The van der Waals surface area contributed by atoms with Gasteiger partial charge in [-0.15, -0.1) is 11.3 Å². The zero-order valence-corrected chi connectivity index (χ0v) is 16.6. The summed E-state index contributed by atoms with van der Waals surface area (Å²) in [5.74, 6) is 0.524. The Bertz CT molecular complexity index is 1190. The molecule has 1 saturated heterocycles. The molecule has 28 heavy (non-hydrogen) atoms. The van der Waals surface area contributed by atoms with Crippen LogP contribution in [0.4, 0.5) is 5.69 Å². The molecule has 0 bridgehead atoms. The van der Waals surface area contributed by atoms with Crippen molar-refractivity contribution in [3.63, 3.8) is 0 Å². The number of piperazine rings is 1. The molecule has 6 heteroatoms. The van der Waals surface area contributed by atoms with Gasteiger partial charge in [-0.05, 0) is 49.6 Å². The lowest BCUT2D eigenvalue weighted by Crippen LogP contribution is -2.54. The number of anilines is 1. The normalized spacial score (nSPS) is 20.1. The molecular formula is C22H21N3O2S. The number of hydrogen-bond donors (Lipinski definition) is 1. The minimum absolute atomic E-state index is 0.315. The molecule has 1 fully saturated rings. The second-order valence-corrected chi connectivity index (χ2v) is 8.56. The van der Waals surface area contributed by atoms with Crippen LogP contribution in [0.1, 0.15) is 13.8 Å². The van der Waals surface area contributed by atoms with Gasteiger partial charge in [-0.1, -0.05) is 18.2 Å². The molecular weight excluding hydrogens is 370 g/mol. The second-order valence-electron chi connectivity index (χ2n) is 7.53. The van der Waals surface area contributed by atoms with E-state index in [0.717, 1.165) is 39.4 Å². The first-order chi connectivity index (χ1) is 13.6. The molecule has 5 nitrogen and oxygen atoms in total. The number of aromatic nitrogens is 1. The summed E-state index contributed by atoms with van der Waals surface area (Å²) in [7, 11) is 0. The van der Waals surface area contributed by atoms with Crippen LogP contribution in [-0.2, 0) is 0 Å². The fourth-order valence-corrected chi connectivity index (χ4v) is 4.91. The van der Waals surface area contributed by atoms with E-state index in [1.54, 1.807) is 0 Å². The van der Waals surface area contributed by atoms with E-state index in [2.05, 4.69) is 35.1 Å². The highest BCUT2D eigenvalue weighted by molar-refractivity contribution is 7.21. The van der Waals surface area contributed by atoms with Crippen LogP contribution in [0.2, 0.25) is 0 Å². The van der Waals surface area contributed by atoms with Gasteiger partial charge in [0.05, 0.1) is 15.6 Å². The van der Waals surface area contributed by atoms with E-state index >= 15 is 0 Å². The Morgan fingerprint density at radius 2 is 1.89 bits per heavy atom. The molecule has 2 aromatic carbocycles. The van der Waals surface area contributed by atoms with Crippen molar-refractivity contribution in [1.29, 1.82) is 0 Å². The van der Waals surface area contributed by atoms with Crippen molar-refractivity contribution >= 4 is 38.0 Å². The van der Waals surface area contributed by atoms with Gasteiger partial charge in [0.2, 0.25) is 0 Å². The van der Waals surface area contributed by atoms with Crippen molar-refractivity contribution in [3.05, 3.63) is 59.0 Å². The van der Waals surface area contributed by atoms with Crippen molar-refractivity contribution in [2.45, 2.75) is 25.9 Å². The molecule has 142 valence electrons. The zero-order chi connectivity index (χ0) is 19.3. The molecule has 1 aliphatic rings. The maximum absolute atomic E-state index is 12.7. The number of nitrogens with zero attached hydrogens (tertiary/aromatic N) is 2. The summed E-state index contributed by atoms with van der Waals surface area (Å²) in [5, 5.41) is 5.76. The van der Waals surface area contributed by atoms with E-state index in [1.165, 1.54) is 11.3 Å². The maximum atomic E-state index is 12.7. The quantitative estimate of drug-likeness (QED) is 0.553. The van der Waals surface area contributed by atoms with Crippen LogP contribution in [0.3, 0.4) is 0 Å². The van der Waals surface area contributed by atoms with Crippen molar-refractivity contribution in [1.82, 2.24) is 10.3 Å². The third-order valence-electron chi connectivity index (χ3n) is 5.17. The summed E-state index contributed by atoms with van der Waals surface area (Å²) in [6.07, 6.45) is 0. The number of rotatable bonds is 2. The molecule has 4 aromatic rings. The monoisotopic (exact) mass is 391 g/mol. The van der Waals surface area contributed by atoms with E-state index in [-0.39, 0.29) is 5.63 Å². The lowest BCUT2D eigenvalue weighted by Gasteiger charge is -2.37. The molecule has 0 radical (unpaired) electrons. The van der Waals surface area contributed by atoms with E-state index < -0.39 is 0 Å². The van der Waals surface area contributed by atoms with E-state index in [4.69, 9.17) is 4.42 Å². The smallest absolute Gasteiger partial charge is 0.344 e. The first-order valence-electron chi connectivity index (χ1n) is 9.52. The van der Waals surface area contributed by atoms with Crippen LogP contribution in [0, 0.1) is 0 Å². The lowest BCUT2D eigenvalue weighted by atomic mass is 10.1. The number of hydrogen-bond acceptors (Lipinski definition) is 6. The summed E-state index contributed by atoms with van der Waals surface area (Å²) in [6.45, 7) is 6.21. The summed E-state index contributed by atoms with van der Waals surface area (Å²) in [6, 6.07) is 16.7. The second kappa shape index (κ2) is 6.72. The lowest BCUT2D eigenvalue weighted by molar-refractivity contribution is 0.407. The van der Waals surface area contributed by atoms with E-state index in [1.807, 2.05) is 42.5 Å². The Morgan fingerprint density at radius 1 is 1.11 bits per heavy atom. The maximum Gasteiger partial charge on any atom is 0.344 e. The highest BCUT2D eigenvalue weighted by Gasteiger charge is 2.21. The molecule has 2 atom stereocenters. The Hall–Kier alpha value is -2.70. The number of thiazole rings is 1. The van der Waals surface area contributed by atoms with Gasteiger partial charge in [0.25, 0.3) is 0 Å². The van der Waals surface area contributed by atoms with Crippen molar-refractivity contribution in [2.24, 2.45) is 0 Å². The van der Waals surface area contributed by atoms with Gasteiger partial charge in [-0.25, -0.2) is 9.78 Å². The highest BCUT2D eigenvalue weighted by atomic mass is 32.1. The van der Waals surface area contributed by atoms with Gasteiger partial charge < -0.3 is 14.6 Å². The summed E-state index contributed by atoms with van der Waals surface area (Å²) >= 11 is 1.54. The minimum atomic E-state index is -0.315. The Balaban J connectivity index is 1.56. The van der Waals surface area contributed by atoms with Gasteiger partial charge in [0.15, 0.2) is 10.8 Å². The number of para-hydroxylation sites is 1. The van der Waals surface area contributed by atoms with E-state index in [0.29, 0.717) is 23.2 Å². The predicted molar refractivity (Wildman–Crippen MR) is 115 cm³/mol. The molecule has 5 rings (SSSR count). The standard InChI is InChI=1S/C22H21N3O2S/c1-13-11-25(12-14(2)23-13)16-8-7-15-9-19(27-22(26)17(15)10-16)21-24-18-5-3-4-6-20(18)28-21/h3-10,13-14,23H,11-12H2,1-2H3/t13-,14+. The molecule has 1 aliphatic heterocycles. The molecule has 1 N–H and O–H groups in total. The predicted octanol–water partition coefficient (Wildman–Crippen LogP) is 4.26. The first-order valence-corrected chi connectivity index (χ1v) is 10.3. The molecule has 0 amide bonds. The van der Waals surface area contributed by atoms with Gasteiger partial charge in [0.1, 0.15) is 0 Å². The zero-order valence-electron chi connectivity index (χ0n) is 15.8. The van der Waals surface area contributed by atoms with Crippen molar-refractivity contribution in [3.8, 4) is 10.8 Å². The van der Waals surface area contributed by atoms with Crippen LogP contribution in [-0.4, -0.2) is 30.2 Å². The number of benzene rings is 2. The van der Waals surface area contributed by atoms with Gasteiger partial charge in [0, 0.05) is 30.9 Å². The number of fused-ring (bicyclic) bond motifs is 2. The van der Waals surface area contributed by atoms with Crippen LogP contribution in [0.5, 0.6) is 0 Å². The average molecular weight is 391 g/mol. The third-order valence-corrected chi connectivity index (χ3v) is 6.22. The first kappa shape index (κ1) is 17.4. The van der Waals surface area contributed by atoms with Crippen molar-refractivity contribution < 1.29 is 4.42 Å². The SMILES string of the molecule is C[C@@H]1CN(c2ccc3cc(-c4nc5ccccc5s4)oc(=O)c3c2)C[C@H](C)N1. The number of nitrogens with one attached hydrogen (secondary N) is 1. The van der Waals surface area contributed by atoms with Crippen molar-refractivity contribution in [2.75, 3.05) is 18.0 Å². The summed E-state index contributed by atoms with van der Waals surface area (Å²) in [5.41, 5.74) is 1.67. The van der Waals surface area contributed by atoms with Crippen LogP contribution in [0.15, 0.2) is 57.7 Å². The third kappa shape index (κ3) is 3.08.